The molecule has 2 aromatic carbocycles. The molecular formula is C20H18N6O2S2. The monoisotopic (exact) mass is 438 g/mol. The van der Waals surface area contributed by atoms with E-state index in [0.717, 1.165) is 11.3 Å². The fraction of sp³-hybridized carbons (Fsp3) is 0.150. The van der Waals surface area contributed by atoms with Crippen LogP contribution in [0, 0.1) is 6.92 Å². The van der Waals surface area contributed by atoms with E-state index in [4.69, 9.17) is 4.74 Å². The molecule has 0 aliphatic carbocycles. The summed E-state index contributed by atoms with van der Waals surface area (Å²) >= 11 is 2.63. The number of hydrogen-bond acceptors (Lipinski definition) is 8. The molecule has 0 saturated carbocycles. The van der Waals surface area contributed by atoms with E-state index < -0.39 is 0 Å². The molecule has 152 valence electrons. The van der Waals surface area contributed by atoms with Gasteiger partial charge in [-0.15, -0.1) is 16.4 Å². The Morgan fingerprint density at radius 3 is 2.80 bits per heavy atom. The van der Waals surface area contributed by atoms with Gasteiger partial charge in [-0.05, 0) is 29.5 Å². The summed E-state index contributed by atoms with van der Waals surface area (Å²) in [4.78, 5) is 16.9. The zero-order chi connectivity index (χ0) is 20.9. The topological polar surface area (TPSA) is 94.8 Å². The number of para-hydroxylation sites is 2. The molecule has 30 heavy (non-hydrogen) atoms. The third kappa shape index (κ3) is 4.50. The number of carbonyl (C=O) groups excluding carboxylic acids is 1. The predicted octanol–water partition coefficient (Wildman–Crippen LogP) is 3.83. The van der Waals surface area contributed by atoms with Crippen molar-refractivity contribution < 1.29 is 9.53 Å². The first-order valence-electron chi connectivity index (χ1n) is 9.01. The van der Waals surface area contributed by atoms with E-state index in [1.807, 2.05) is 60.8 Å². The second-order valence-corrected chi connectivity index (χ2v) is 8.09. The van der Waals surface area contributed by atoms with Crippen molar-refractivity contribution in [3.05, 3.63) is 59.5 Å². The normalized spacial score (nSPS) is 10.7. The average molecular weight is 439 g/mol. The second-order valence-electron chi connectivity index (χ2n) is 6.29. The van der Waals surface area contributed by atoms with Crippen molar-refractivity contribution in [3.8, 4) is 22.7 Å². The van der Waals surface area contributed by atoms with Crippen molar-refractivity contribution in [2.45, 2.75) is 12.1 Å². The minimum absolute atomic E-state index is 0.148. The molecule has 0 unspecified atom stereocenters. The number of rotatable bonds is 7. The summed E-state index contributed by atoms with van der Waals surface area (Å²) < 4.78 is 6.91. The van der Waals surface area contributed by atoms with Crippen LogP contribution in [0.4, 0.5) is 5.13 Å². The molecule has 0 aliphatic heterocycles. The fourth-order valence-corrected chi connectivity index (χ4v) is 4.12. The average Bonchev–Trinajstić information content (AvgIpc) is 3.42. The van der Waals surface area contributed by atoms with Crippen molar-refractivity contribution in [1.29, 1.82) is 0 Å². The Kier molecular flexibility index (Phi) is 6.05. The quantitative estimate of drug-likeness (QED) is 0.438. The molecule has 0 fully saturated rings. The number of tetrazole rings is 1. The molecule has 0 atom stereocenters. The molecule has 0 saturated heterocycles. The molecule has 0 aliphatic rings. The van der Waals surface area contributed by atoms with Crippen LogP contribution in [0.1, 0.15) is 5.56 Å². The van der Waals surface area contributed by atoms with Crippen molar-refractivity contribution in [3.63, 3.8) is 0 Å². The van der Waals surface area contributed by atoms with Crippen LogP contribution in [0.2, 0.25) is 0 Å². The lowest BCUT2D eigenvalue weighted by molar-refractivity contribution is -0.113. The van der Waals surface area contributed by atoms with Crippen LogP contribution in [-0.4, -0.2) is 44.0 Å². The minimum atomic E-state index is -0.181. The van der Waals surface area contributed by atoms with Gasteiger partial charge in [0.05, 0.1) is 18.6 Å². The summed E-state index contributed by atoms with van der Waals surface area (Å²) in [7, 11) is 1.59. The minimum Gasteiger partial charge on any atom is -0.494 e. The van der Waals surface area contributed by atoms with Crippen LogP contribution in [0.25, 0.3) is 16.9 Å². The molecule has 0 spiro atoms. The molecule has 0 bridgehead atoms. The van der Waals surface area contributed by atoms with Gasteiger partial charge >= 0.3 is 0 Å². The third-order valence-electron chi connectivity index (χ3n) is 4.18. The Morgan fingerprint density at radius 2 is 2.00 bits per heavy atom. The van der Waals surface area contributed by atoms with E-state index in [0.29, 0.717) is 21.7 Å². The van der Waals surface area contributed by atoms with Gasteiger partial charge in [0.1, 0.15) is 11.4 Å². The van der Waals surface area contributed by atoms with E-state index >= 15 is 0 Å². The highest BCUT2D eigenvalue weighted by atomic mass is 32.2. The van der Waals surface area contributed by atoms with Crippen molar-refractivity contribution in [2.75, 3.05) is 18.2 Å². The molecule has 4 rings (SSSR count). The Balaban J connectivity index is 1.40. The Bertz CT molecular complexity index is 1160. The van der Waals surface area contributed by atoms with Crippen LogP contribution in [0.3, 0.4) is 0 Å². The first kappa shape index (κ1) is 20.0. The van der Waals surface area contributed by atoms with E-state index in [-0.39, 0.29) is 11.7 Å². The van der Waals surface area contributed by atoms with Crippen LogP contribution in [0.5, 0.6) is 5.75 Å². The number of ether oxygens (including phenoxy) is 1. The summed E-state index contributed by atoms with van der Waals surface area (Å²) in [6.07, 6.45) is 0. The molecule has 1 N–H and O–H groups in total. The highest BCUT2D eigenvalue weighted by molar-refractivity contribution is 7.99. The van der Waals surface area contributed by atoms with Gasteiger partial charge in [-0.1, -0.05) is 53.7 Å². The van der Waals surface area contributed by atoms with Gasteiger partial charge in [0.15, 0.2) is 5.13 Å². The van der Waals surface area contributed by atoms with Crippen molar-refractivity contribution in [2.24, 2.45) is 0 Å². The van der Waals surface area contributed by atoms with E-state index in [2.05, 4.69) is 25.8 Å². The lowest BCUT2D eigenvalue weighted by Crippen LogP contribution is -2.14. The van der Waals surface area contributed by atoms with Crippen LogP contribution < -0.4 is 10.1 Å². The second kappa shape index (κ2) is 9.06. The van der Waals surface area contributed by atoms with E-state index in [1.54, 1.807) is 11.8 Å². The summed E-state index contributed by atoms with van der Waals surface area (Å²) in [5.41, 5.74) is 3.75. The van der Waals surface area contributed by atoms with Crippen LogP contribution in [-0.2, 0) is 4.79 Å². The summed E-state index contributed by atoms with van der Waals surface area (Å²) in [6, 6.07) is 15.5. The number of amides is 1. The number of hydrogen-bond donors (Lipinski definition) is 1. The zero-order valence-corrected chi connectivity index (χ0v) is 17.9. The number of thiazole rings is 1. The summed E-state index contributed by atoms with van der Waals surface area (Å²) in [6.45, 7) is 2.04. The van der Waals surface area contributed by atoms with Gasteiger partial charge < -0.3 is 10.1 Å². The molecular weight excluding hydrogens is 420 g/mol. The van der Waals surface area contributed by atoms with Gasteiger partial charge in [-0.3, -0.25) is 4.79 Å². The number of thioether (sulfide) groups is 1. The van der Waals surface area contributed by atoms with Gasteiger partial charge in [0.2, 0.25) is 11.1 Å². The summed E-state index contributed by atoms with van der Waals surface area (Å²) in [5.74, 6) is 0.608. The van der Waals surface area contributed by atoms with E-state index in [1.165, 1.54) is 28.7 Å². The highest BCUT2D eigenvalue weighted by Gasteiger charge is 2.15. The number of carbonyl (C=O) groups is 1. The van der Waals surface area contributed by atoms with Gasteiger partial charge in [-0.25, -0.2) is 4.98 Å². The number of anilines is 1. The highest BCUT2D eigenvalue weighted by Crippen LogP contribution is 2.27. The van der Waals surface area contributed by atoms with Crippen LogP contribution in [0.15, 0.2) is 59.1 Å². The number of nitrogens with zero attached hydrogens (tertiary/aromatic N) is 5. The number of aromatic nitrogens is 5. The maximum Gasteiger partial charge on any atom is 0.236 e. The zero-order valence-electron chi connectivity index (χ0n) is 16.3. The molecule has 1 amide bonds. The van der Waals surface area contributed by atoms with Crippen LogP contribution >= 0.6 is 23.1 Å². The Morgan fingerprint density at radius 1 is 1.20 bits per heavy atom. The standard InChI is InChI=1S/C20H18N6O2S2/c1-13-7-9-14(10-8-13)15-11-29-19(21-15)22-18(27)12-30-20-23-24-25-26(20)16-5-3-4-6-17(16)28-2/h3-11H,12H2,1-2H3,(H,21,22,27). The fourth-order valence-electron chi connectivity index (χ4n) is 2.70. The number of nitrogens with one attached hydrogen (secondary N) is 1. The third-order valence-corrected chi connectivity index (χ3v) is 5.86. The first-order valence-corrected chi connectivity index (χ1v) is 10.9. The van der Waals surface area contributed by atoms with Gasteiger partial charge in [0.25, 0.3) is 0 Å². The van der Waals surface area contributed by atoms with Crippen molar-refractivity contribution >= 4 is 34.1 Å². The lowest BCUT2D eigenvalue weighted by atomic mass is 10.1. The molecule has 10 heteroatoms. The summed E-state index contributed by atoms with van der Waals surface area (Å²) in [5, 5.41) is 17.6. The van der Waals surface area contributed by atoms with Gasteiger partial charge in [-0.2, -0.15) is 4.68 Å². The maximum absolute atomic E-state index is 12.4. The van der Waals surface area contributed by atoms with Gasteiger partial charge in [0, 0.05) is 10.9 Å². The molecule has 0 radical (unpaired) electrons. The smallest absolute Gasteiger partial charge is 0.236 e. The maximum atomic E-state index is 12.4. The van der Waals surface area contributed by atoms with Crippen molar-refractivity contribution in [1.82, 2.24) is 25.2 Å². The van der Waals surface area contributed by atoms with E-state index in [9.17, 15) is 4.79 Å². The first-order chi connectivity index (χ1) is 14.6. The number of methoxy groups -OCH3 is 1. The SMILES string of the molecule is COc1ccccc1-n1nnnc1SCC(=O)Nc1nc(-c2ccc(C)cc2)cs1. The molecule has 2 heterocycles. The molecule has 4 aromatic rings. The Hall–Kier alpha value is -3.24. The lowest BCUT2D eigenvalue weighted by Gasteiger charge is -2.08. The molecule has 2 aromatic heterocycles. The number of aryl methyl sites for hydroxylation is 1. The number of benzene rings is 2. The molecule has 8 nitrogen and oxygen atoms in total. The Labute approximate surface area is 181 Å². The predicted molar refractivity (Wildman–Crippen MR) is 117 cm³/mol. The largest absolute Gasteiger partial charge is 0.494 e.